The molecule has 0 bridgehead atoms. The molecule has 2 aliphatic rings. The Morgan fingerprint density at radius 1 is 1.03 bits per heavy atom. The number of anilines is 1. The fourth-order valence-corrected chi connectivity index (χ4v) is 3.93. The van der Waals surface area contributed by atoms with Gasteiger partial charge in [-0.1, -0.05) is 36.4 Å². The number of aliphatic hydroxyl groups is 1. The summed E-state index contributed by atoms with van der Waals surface area (Å²) < 4.78 is 0. The fraction of sp³-hybridized carbons (Fsp3) is 0.417. The van der Waals surface area contributed by atoms with Crippen LogP contribution in [0.5, 0.6) is 0 Å². The Kier molecular flexibility index (Phi) is 6.04. The highest BCUT2D eigenvalue weighted by atomic mass is 16.3. The topological polar surface area (TPSA) is 81.7 Å². The van der Waals surface area contributed by atoms with Gasteiger partial charge in [0, 0.05) is 30.4 Å². The summed E-state index contributed by atoms with van der Waals surface area (Å²) in [6.07, 6.45) is 3.09. The summed E-state index contributed by atoms with van der Waals surface area (Å²) in [4.78, 5) is 26.9. The SMILES string of the molecule is Cc1ccc(C(=O)NC2CC2)cc1NC(=O)N1CCC(C(O)c2ccccc2)CC1. The highest BCUT2D eigenvalue weighted by Crippen LogP contribution is 2.31. The van der Waals surface area contributed by atoms with Crippen LogP contribution >= 0.6 is 0 Å². The Labute approximate surface area is 177 Å². The van der Waals surface area contributed by atoms with E-state index in [1.165, 1.54) is 0 Å². The number of amides is 3. The van der Waals surface area contributed by atoms with Crippen LogP contribution in [0.1, 0.15) is 53.3 Å². The average molecular weight is 408 g/mol. The molecule has 2 aromatic rings. The Morgan fingerprint density at radius 3 is 2.40 bits per heavy atom. The first-order valence-corrected chi connectivity index (χ1v) is 10.7. The number of nitrogens with one attached hydrogen (secondary N) is 2. The third-order valence-electron chi connectivity index (χ3n) is 6.07. The molecule has 3 amide bonds. The van der Waals surface area contributed by atoms with Crippen molar-refractivity contribution in [1.82, 2.24) is 10.2 Å². The molecule has 2 aromatic carbocycles. The van der Waals surface area contributed by atoms with Crippen molar-refractivity contribution in [3.05, 3.63) is 65.2 Å². The van der Waals surface area contributed by atoms with Gasteiger partial charge in [0.25, 0.3) is 5.91 Å². The zero-order valence-electron chi connectivity index (χ0n) is 17.3. The first kappa shape index (κ1) is 20.4. The van der Waals surface area contributed by atoms with Gasteiger partial charge < -0.3 is 20.6 Å². The van der Waals surface area contributed by atoms with Crippen molar-refractivity contribution in [2.75, 3.05) is 18.4 Å². The maximum Gasteiger partial charge on any atom is 0.321 e. The summed E-state index contributed by atoms with van der Waals surface area (Å²) in [5.74, 6) is 0.0522. The molecule has 6 nitrogen and oxygen atoms in total. The van der Waals surface area contributed by atoms with Crippen molar-refractivity contribution in [2.45, 2.75) is 44.8 Å². The van der Waals surface area contributed by atoms with Crippen molar-refractivity contribution in [3.63, 3.8) is 0 Å². The third kappa shape index (κ3) is 4.82. The van der Waals surface area contributed by atoms with Gasteiger partial charge in [0.1, 0.15) is 0 Å². The van der Waals surface area contributed by atoms with Crippen LogP contribution in [0.3, 0.4) is 0 Å². The van der Waals surface area contributed by atoms with Crippen LogP contribution in [-0.2, 0) is 0 Å². The molecule has 158 valence electrons. The zero-order chi connectivity index (χ0) is 21.1. The van der Waals surface area contributed by atoms with Crippen LogP contribution < -0.4 is 10.6 Å². The van der Waals surface area contributed by atoms with Crippen LogP contribution in [0.15, 0.2) is 48.5 Å². The predicted molar refractivity (Wildman–Crippen MR) is 116 cm³/mol. The molecule has 1 saturated carbocycles. The summed E-state index contributed by atoms with van der Waals surface area (Å²) in [5, 5.41) is 16.6. The van der Waals surface area contributed by atoms with Crippen LogP contribution in [0.4, 0.5) is 10.5 Å². The third-order valence-corrected chi connectivity index (χ3v) is 6.07. The molecule has 1 atom stereocenters. The first-order valence-electron chi connectivity index (χ1n) is 10.7. The Morgan fingerprint density at radius 2 is 1.73 bits per heavy atom. The lowest BCUT2D eigenvalue weighted by Crippen LogP contribution is -2.42. The molecular formula is C24H29N3O3. The summed E-state index contributed by atoms with van der Waals surface area (Å²) >= 11 is 0. The molecule has 1 aliphatic carbocycles. The second-order valence-corrected chi connectivity index (χ2v) is 8.39. The van der Waals surface area contributed by atoms with Gasteiger partial charge in [-0.25, -0.2) is 4.79 Å². The van der Waals surface area contributed by atoms with E-state index in [0.29, 0.717) is 30.4 Å². The normalized spacial score (nSPS) is 18.0. The number of aliphatic hydroxyl groups excluding tert-OH is 1. The van der Waals surface area contributed by atoms with Gasteiger partial charge in [0.15, 0.2) is 0 Å². The summed E-state index contributed by atoms with van der Waals surface area (Å²) in [6, 6.07) is 15.2. The van der Waals surface area contributed by atoms with E-state index in [0.717, 1.165) is 36.8 Å². The van der Waals surface area contributed by atoms with Gasteiger partial charge in [0.05, 0.1) is 6.10 Å². The van der Waals surface area contributed by atoms with Gasteiger partial charge in [-0.05, 0) is 61.8 Å². The lowest BCUT2D eigenvalue weighted by Gasteiger charge is -2.34. The molecule has 2 fully saturated rings. The predicted octanol–water partition coefficient (Wildman–Crippen LogP) is 3.86. The molecule has 1 saturated heterocycles. The highest BCUT2D eigenvalue weighted by Gasteiger charge is 2.28. The molecular weight excluding hydrogens is 378 g/mol. The number of benzene rings is 2. The van der Waals surface area contributed by atoms with Crippen LogP contribution in [0.2, 0.25) is 0 Å². The molecule has 30 heavy (non-hydrogen) atoms. The smallest absolute Gasteiger partial charge is 0.321 e. The van der Waals surface area contributed by atoms with E-state index in [2.05, 4.69) is 10.6 Å². The van der Waals surface area contributed by atoms with Crippen molar-refractivity contribution in [2.24, 2.45) is 5.92 Å². The number of aryl methyl sites for hydroxylation is 1. The van der Waals surface area contributed by atoms with Gasteiger partial charge in [0.2, 0.25) is 0 Å². The number of nitrogens with zero attached hydrogens (tertiary/aromatic N) is 1. The number of hydrogen-bond acceptors (Lipinski definition) is 3. The van der Waals surface area contributed by atoms with E-state index in [4.69, 9.17) is 0 Å². The van der Waals surface area contributed by atoms with Crippen LogP contribution in [-0.4, -0.2) is 41.1 Å². The summed E-state index contributed by atoms with van der Waals surface area (Å²) in [6.45, 7) is 3.11. The van der Waals surface area contributed by atoms with Crippen LogP contribution in [0.25, 0.3) is 0 Å². The number of rotatable bonds is 5. The number of piperidine rings is 1. The number of likely N-dealkylation sites (tertiary alicyclic amines) is 1. The number of carbonyl (C=O) groups is 2. The minimum Gasteiger partial charge on any atom is -0.388 e. The average Bonchev–Trinajstić information content (AvgIpc) is 3.59. The molecule has 0 radical (unpaired) electrons. The minimum atomic E-state index is -0.500. The van der Waals surface area contributed by atoms with Gasteiger partial charge in [-0.15, -0.1) is 0 Å². The monoisotopic (exact) mass is 407 g/mol. The van der Waals surface area contributed by atoms with Crippen molar-refractivity contribution >= 4 is 17.6 Å². The van der Waals surface area contributed by atoms with Crippen molar-refractivity contribution in [3.8, 4) is 0 Å². The zero-order valence-corrected chi connectivity index (χ0v) is 17.3. The lowest BCUT2D eigenvalue weighted by molar-refractivity contribution is 0.0683. The second kappa shape index (κ2) is 8.88. The van der Waals surface area contributed by atoms with Gasteiger partial charge >= 0.3 is 6.03 Å². The summed E-state index contributed by atoms with van der Waals surface area (Å²) in [7, 11) is 0. The molecule has 1 unspecified atom stereocenters. The van der Waals surface area contributed by atoms with Crippen molar-refractivity contribution < 1.29 is 14.7 Å². The maximum atomic E-state index is 12.8. The second-order valence-electron chi connectivity index (χ2n) is 8.39. The molecule has 6 heteroatoms. The fourth-order valence-electron chi connectivity index (χ4n) is 3.93. The van der Waals surface area contributed by atoms with E-state index < -0.39 is 6.10 Å². The number of carbonyl (C=O) groups excluding carboxylic acids is 2. The molecule has 1 heterocycles. The Bertz CT molecular complexity index is 903. The molecule has 0 aromatic heterocycles. The molecule has 1 aliphatic heterocycles. The van der Waals surface area contributed by atoms with E-state index in [1.807, 2.05) is 43.3 Å². The van der Waals surface area contributed by atoms with Crippen molar-refractivity contribution in [1.29, 1.82) is 0 Å². The van der Waals surface area contributed by atoms with E-state index in [1.54, 1.807) is 17.0 Å². The maximum absolute atomic E-state index is 12.8. The summed E-state index contributed by atoms with van der Waals surface area (Å²) in [5.41, 5.74) is 3.07. The molecule has 0 spiro atoms. The standard InChI is InChI=1S/C24H29N3O3/c1-16-7-8-19(23(29)25-20-9-10-20)15-21(16)26-24(30)27-13-11-18(12-14-27)22(28)17-5-3-2-4-6-17/h2-8,15,18,20,22,28H,9-14H2,1H3,(H,25,29)(H,26,30). The van der Waals surface area contributed by atoms with Gasteiger partial charge in [-0.2, -0.15) is 0 Å². The minimum absolute atomic E-state index is 0.0938. The van der Waals surface area contributed by atoms with E-state index in [9.17, 15) is 14.7 Å². The molecule has 3 N–H and O–H groups in total. The first-order chi connectivity index (χ1) is 14.5. The Hall–Kier alpha value is -2.86. The van der Waals surface area contributed by atoms with E-state index in [-0.39, 0.29) is 17.9 Å². The Balaban J connectivity index is 1.34. The lowest BCUT2D eigenvalue weighted by atomic mass is 9.87. The van der Waals surface area contributed by atoms with E-state index >= 15 is 0 Å². The number of hydrogen-bond donors (Lipinski definition) is 3. The van der Waals surface area contributed by atoms with Gasteiger partial charge in [-0.3, -0.25) is 4.79 Å². The molecule has 4 rings (SSSR count). The van der Waals surface area contributed by atoms with Crippen LogP contribution in [0, 0.1) is 12.8 Å². The quantitative estimate of drug-likeness (QED) is 0.704. The highest BCUT2D eigenvalue weighted by molar-refractivity contribution is 5.97. The largest absolute Gasteiger partial charge is 0.388 e. The number of urea groups is 1.